The number of aliphatic carboxylic acids is 1. The van der Waals surface area contributed by atoms with Crippen molar-refractivity contribution in [1.82, 2.24) is 0 Å². The van der Waals surface area contributed by atoms with Gasteiger partial charge in [-0.3, -0.25) is 0 Å². The second-order valence-corrected chi connectivity index (χ2v) is 5.30. The van der Waals surface area contributed by atoms with Gasteiger partial charge in [-0.05, 0) is 35.9 Å². The van der Waals surface area contributed by atoms with Gasteiger partial charge >= 0.3 is 5.97 Å². The molecule has 0 fully saturated rings. The minimum atomic E-state index is -1.21. The number of benzene rings is 1. The predicted octanol–water partition coefficient (Wildman–Crippen LogP) is 4.13. The van der Waals surface area contributed by atoms with Gasteiger partial charge in [0.25, 0.3) is 0 Å². The predicted molar refractivity (Wildman–Crippen MR) is 82.4 cm³/mol. The summed E-state index contributed by atoms with van der Waals surface area (Å²) in [6, 6.07) is 9.68. The molecule has 0 spiro atoms. The van der Waals surface area contributed by atoms with E-state index in [1.807, 2.05) is 36.0 Å². The average molecular weight is 287 g/mol. The first kappa shape index (κ1) is 16.1. The molecule has 0 saturated carbocycles. The third-order valence-electron chi connectivity index (χ3n) is 2.55. The summed E-state index contributed by atoms with van der Waals surface area (Å²) in [6.45, 7) is 2.18. The molecule has 0 radical (unpaired) electrons. The molecule has 0 heterocycles. The lowest BCUT2D eigenvalue weighted by molar-refractivity contribution is -0.132. The summed E-state index contributed by atoms with van der Waals surface area (Å²) in [4.78, 5) is 11.8. The number of thioether (sulfide) groups is 1. The Morgan fingerprint density at radius 2 is 2.10 bits per heavy atom. The first-order chi connectivity index (χ1) is 9.67. The molecule has 104 valence electrons. The fraction of sp³-hybridized carbons (Fsp3) is 0.250. The molecular formula is C16H17NO2S. The average Bonchev–Trinajstić information content (AvgIpc) is 2.45. The molecule has 3 nitrogen and oxygen atoms in total. The Bertz CT molecular complexity index is 539. The van der Waals surface area contributed by atoms with E-state index < -0.39 is 5.97 Å². The summed E-state index contributed by atoms with van der Waals surface area (Å²) < 4.78 is 0. The first-order valence-corrected chi connectivity index (χ1v) is 7.40. The maximum absolute atomic E-state index is 10.6. The molecule has 1 N–H and O–H groups in total. The Morgan fingerprint density at radius 1 is 1.40 bits per heavy atom. The van der Waals surface area contributed by atoms with Crippen molar-refractivity contribution in [2.75, 3.05) is 5.75 Å². The fourth-order valence-electron chi connectivity index (χ4n) is 1.42. The number of carboxylic acid groups (broad SMARTS) is 1. The van der Waals surface area contributed by atoms with Crippen LogP contribution in [0.2, 0.25) is 0 Å². The summed E-state index contributed by atoms with van der Waals surface area (Å²) >= 11 is 1.83. The van der Waals surface area contributed by atoms with Gasteiger partial charge < -0.3 is 5.11 Å². The molecule has 0 saturated heterocycles. The van der Waals surface area contributed by atoms with Crippen LogP contribution < -0.4 is 0 Å². The monoisotopic (exact) mass is 287 g/mol. The van der Waals surface area contributed by atoms with E-state index in [9.17, 15) is 4.79 Å². The number of allylic oxidation sites excluding steroid dienone is 2. The van der Waals surface area contributed by atoms with Crippen LogP contribution in [0.5, 0.6) is 0 Å². The molecule has 0 aromatic heterocycles. The summed E-state index contributed by atoms with van der Waals surface area (Å²) in [5, 5.41) is 17.3. The maximum atomic E-state index is 10.6. The van der Waals surface area contributed by atoms with Crippen LogP contribution in [0, 0.1) is 11.3 Å². The Hall–Kier alpha value is -1.99. The summed E-state index contributed by atoms with van der Waals surface area (Å²) in [5.41, 5.74) is 0.705. The number of nitriles is 1. The van der Waals surface area contributed by atoms with Gasteiger partial charge in [0, 0.05) is 4.90 Å². The molecule has 20 heavy (non-hydrogen) atoms. The number of carboxylic acids is 1. The largest absolute Gasteiger partial charge is 0.477 e. The Balaban J connectivity index is 2.61. The Kier molecular flexibility index (Phi) is 7.23. The number of rotatable bonds is 7. The lowest BCUT2D eigenvalue weighted by Crippen LogP contribution is -1.96. The molecule has 0 atom stereocenters. The van der Waals surface area contributed by atoms with Crippen LogP contribution in [0.4, 0.5) is 0 Å². The molecule has 1 rings (SSSR count). The molecule has 0 unspecified atom stereocenters. The second kappa shape index (κ2) is 9.00. The summed E-state index contributed by atoms with van der Waals surface area (Å²) in [7, 11) is 0. The molecule has 1 aromatic carbocycles. The summed E-state index contributed by atoms with van der Waals surface area (Å²) in [5.74, 6) is -0.0849. The van der Waals surface area contributed by atoms with E-state index in [1.54, 1.807) is 18.2 Å². The van der Waals surface area contributed by atoms with E-state index in [-0.39, 0.29) is 5.57 Å². The van der Waals surface area contributed by atoms with E-state index in [1.165, 1.54) is 23.8 Å². The third-order valence-corrected chi connectivity index (χ3v) is 3.65. The van der Waals surface area contributed by atoms with Gasteiger partial charge in [0.05, 0.1) is 0 Å². The van der Waals surface area contributed by atoms with Crippen molar-refractivity contribution in [3.63, 3.8) is 0 Å². The van der Waals surface area contributed by atoms with Gasteiger partial charge in [-0.1, -0.05) is 37.6 Å². The van der Waals surface area contributed by atoms with E-state index in [0.29, 0.717) is 0 Å². The molecular weight excluding hydrogens is 270 g/mol. The zero-order valence-corrected chi connectivity index (χ0v) is 12.2. The van der Waals surface area contributed by atoms with Gasteiger partial charge in [0.15, 0.2) is 0 Å². The molecule has 1 aromatic rings. The van der Waals surface area contributed by atoms with Crippen LogP contribution in [0.15, 0.2) is 46.9 Å². The standard InChI is InChI=1S/C16H17NO2S/c1-2-3-11-20-15-9-7-13(8-10-15)5-4-6-14(12-17)16(18)19/h4-10H,2-3,11H2,1H3,(H,18,19). The molecule has 0 bridgehead atoms. The quantitative estimate of drug-likeness (QED) is 0.269. The molecule has 4 heteroatoms. The third kappa shape index (κ3) is 5.77. The van der Waals surface area contributed by atoms with Gasteiger partial charge in [-0.25, -0.2) is 4.79 Å². The van der Waals surface area contributed by atoms with Crippen molar-refractivity contribution in [2.45, 2.75) is 24.7 Å². The zero-order chi connectivity index (χ0) is 14.8. The number of unbranched alkanes of at least 4 members (excludes halogenated alkanes) is 1. The highest BCUT2D eigenvalue weighted by atomic mass is 32.2. The highest BCUT2D eigenvalue weighted by Crippen LogP contribution is 2.20. The molecule has 0 amide bonds. The van der Waals surface area contributed by atoms with Crippen molar-refractivity contribution in [3.05, 3.63) is 47.6 Å². The smallest absolute Gasteiger partial charge is 0.346 e. The Labute approximate surface area is 123 Å². The van der Waals surface area contributed by atoms with E-state index in [2.05, 4.69) is 6.92 Å². The van der Waals surface area contributed by atoms with E-state index >= 15 is 0 Å². The number of carbonyl (C=O) groups is 1. The molecule has 0 aliphatic carbocycles. The first-order valence-electron chi connectivity index (χ1n) is 6.42. The second-order valence-electron chi connectivity index (χ2n) is 4.13. The van der Waals surface area contributed by atoms with Gasteiger partial charge in [0.1, 0.15) is 11.6 Å². The lowest BCUT2D eigenvalue weighted by Gasteiger charge is -2.00. The topological polar surface area (TPSA) is 61.1 Å². The van der Waals surface area contributed by atoms with Crippen LogP contribution >= 0.6 is 11.8 Å². The zero-order valence-electron chi connectivity index (χ0n) is 11.4. The highest BCUT2D eigenvalue weighted by molar-refractivity contribution is 7.99. The summed E-state index contributed by atoms with van der Waals surface area (Å²) in [6.07, 6.45) is 7.06. The minimum Gasteiger partial charge on any atom is -0.477 e. The number of hydrogen-bond donors (Lipinski definition) is 1. The molecule has 0 aliphatic rings. The van der Waals surface area contributed by atoms with Crippen molar-refractivity contribution >= 4 is 23.8 Å². The van der Waals surface area contributed by atoms with Crippen LogP contribution in [0.3, 0.4) is 0 Å². The van der Waals surface area contributed by atoms with Crippen LogP contribution in [0.1, 0.15) is 25.3 Å². The SMILES string of the molecule is CCCCSc1ccc(C=CC=C(C#N)C(=O)O)cc1. The van der Waals surface area contributed by atoms with Crippen molar-refractivity contribution in [3.8, 4) is 6.07 Å². The van der Waals surface area contributed by atoms with Crippen LogP contribution in [0.25, 0.3) is 6.08 Å². The van der Waals surface area contributed by atoms with Crippen molar-refractivity contribution in [2.24, 2.45) is 0 Å². The van der Waals surface area contributed by atoms with E-state index in [0.717, 1.165) is 11.3 Å². The fourth-order valence-corrected chi connectivity index (χ4v) is 2.42. The Morgan fingerprint density at radius 3 is 2.65 bits per heavy atom. The lowest BCUT2D eigenvalue weighted by atomic mass is 10.2. The van der Waals surface area contributed by atoms with Gasteiger partial charge in [-0.15, -0.1) is 11.8 Å². The van der Waals surface area contributed by atoms with Crippen molar-refractivity contribution in [1.29, 1.82) is 5.26 Å². The number of hydrogen-bond acceptors (Lipinski definition) is 3. The van der Waals surface area contributed by atoms with Gasteiger partial charge in [0.2, 0.25) is 0 Å². The van der Waals surface area contributed by atoms with Crippen molar-refractivity contribution < 1.29 is 9.90 Å². The van der Waals surface area contributed by atoms with E-state index in [4.69, 9.17) is 10.4 Å². The maximum Gasteiger partial charge on any atom is 0.346 e. The normalized spacial score (nSPS) is 11.5. The van der Waals surface area contributed by atoms with Crippen LogP contribution in [-0.2, 0) is 4.79 Å². The van der Waals surface area contributed by atoms with Gasteiger partial charge in [-0.2, -0.15) is 5.26 Å². The minimum absolute atomic E-state index is 0.270. The molecule has 0 aliphatic heterocycles. The highest BCUT2D eigenvalue weighted by Gasteiger charge is 2.02. The number of nitrogens with zero attached hydrogens (tertiary/aromatic N) is 1. The van der Waals surface area contributed by atoms with Crippen LogP contribution in [-0.4, -0.2) is 16.8 Å².